The van der Waals surface area contributed by atoms with Gasteiger partial charge in [0.2, 0.25) is 0 Å². The van der Waals surface area contributed by atoms with Gasteiger partial charge in [-0.2, -0.15) is 0 Å². The number of piperidine rings is 1. The van der Waals surface area contributed by atoms with Gasteiger partial charge in [0.15, 0.2) is 0 Å². The van der Waals surface area contributed by atoms with Gasteiger partial charge in [-0.05, 0) is 49.4 Å². The maximum Gasteiger partial charge on any atom is 0.293 e. The fourth-order valence-electron chi connectivity index (χ4n) is 2.44. The maximum absolute atomic E-state index is 13.6. The van der Waals surface area contributed by atoms with Gasteiger partial charge in [-0.3, -0.25) is 10.1 Å². The molecule has 5 nitrogen and oxygen atoms in total. The zero-order chi connectivity index (χ0) is 14.9. The summed E-state index contributed by atoms with van der Waals surface area (Å²) < 4.78 is 13.9. The summed E-state index contributed by atoms with van der Waals surface area (Å²) in [5, 5.41) is 14.2. The normalized spacial score (nSPS) is 23.6. The number of nitrogens with zero attached hydrogens (tertiary/aromatic N) is 2. The van der Waals surface area contributed by atoms with E-state index in [-0.39, 0.29) is 21.0 Å². The van der Waals surface area contributed by atoms with Crippen LogP contribution < -0.4 is 5.32 Å². The summed E-state index contributed by atoms with van der Waals surface area (Å²) in [4.78, 5) is 12.9. The highest BCUT2D eigenvalue weighted by Gasteiger charge is 2.25. The molecule has 0 saturated carbocycles. The van der Waals surface area contributed by atoms with Crippen molar-refractivity contribution in [1.29, 1.82) is 0 Å². The SMILES string of the molecule is CC1CC(Nc2cc(F)c(I)cc2[N+](=O)[O-])CCN1C. The van der Waals surface area contributed by atoms with Crippen LogP contribution in [0.4, 0.5) is 15.8 Å². The first-order chi connectivity index (χ1) is 9.38. The molecule has 1 heterocycles. The number of hydrogen-bond acceptors (Lipinski definition) is 4. The lowest BCUT2D eigenvalue weighted by atomic mass is 9.98. The van der Waals surface area contributed by atoms with Crippen molar-refractivity contribution in [2.24, 2.45) is 0 Å². The third kappa shape index (κ3) is 3.38. The lowest BCUT2D eigenvalue weighted by Crippen LogP contribution is -2.42. The second kappa shape index (κ2) is 6.21. The van der Waals surface area contributed by atoms with Gasteiger partial charge in [0.05, 0.1) is 8.49 Å². The average molecular weight is 393 g/mol. The Hall–Kier alpha value is -0.960. The zero-order valence-corrected chi connectivity index (χ0v) is 13.6. The molecular weight excluding hydrogens is 376 g/mol. The fraction of sp³-hybridized carbons (Fsp3) is 0.538. The lowest BCUT2D eigenvalue weighted by Gasteiger charge is -2.35. The molecular formula is C13H17FIN3O2. The third-order valence-electron chi connectivity index (χ3n) is 3.80. The van der Waals surface area contributed by atoms with Crippen molar-refractivity contribution >= 4 is 34.0 Å². The molecule has 0 aromatic heterocycles. The Labute approximate surface area is 130 Å². The molecule has 0 amide bonds. The highest BCUT2D eigenvalue weighted by molar-refractivity contribution is 14.1. The Kier molecular flexibility index (Phi) is 4.79. The topological polar surface area (TPSA) is 58.4 Å². The van der Waals surface area contributed by atoms with Crippen molar-refractivity contribution in [1.82, 2.24) is 4.90 Å². The van der Waals surface area contributed by atoms with Gasteiger partial charge in [-0.25, -0.2) is 4.39 Å². The van der Waals surface area contributed by atoms with E-state index in [1.165, 1.54) is 12.1 Å². The molecule has 20 heavy (non-hydrogen) atoms. The van der Waals surface area contributed by atoms with Gasteiger partial charge in [0.25, 0.3) is 5.69 Å². The highest BCUT2D eigenvalue weighted by Crippen LogP contribution is 2.30. The predicted molar refractivity (Wildman–Crippen MR) is 84.5 cm³/mol. The first kappa shape index (κ1) is 15.4. The van der Waals surface area contributed by atoms with Gasteiger partial charge in [-0.1, -0.05) is 0 Å². The van der Waals surface area contributed by atoms with Gasteiger partial charge < -0.3 is 10.2 Å². The molecule has 2 unspecified atom stereocenters. The first-order valence-corrected chi connectivity index (χ1v) is 7.56. The summed E-state index contributed by atoms with van der Waals surface area (Å²) in [5.41, 5.74) is 0.206. The monoisotopic (exact) mass is 393 g/mol. The van der Waals surface area contributed by atoms with Crippen LogP contribution in [0, 0.1) is 19.5 Å². The molecule has 2 rings (SSSR count). The third-order valence-corrected chi connectivity index (χ3v) is 4.63. The summed E-state index contributed by atoms with van der Waals surface area (Å²) in [6, 6.07) is 3.05. The van der Waals surface area contributed by atoms with Crippen molar-refractivity contribution in [2.75, 3.05) is 18.9 Å². The van der Waals surface area contributed by atoms with E-state index in [1.54, 1.807) is 22.6 Å². The predicted octanol–water partition coefficient (Wildman–Crippen LogP) is 3.23. The Morgan fingerprint density at radius 2 is 2.25 bits per heavy atom. The van der Waals surface area contributed by atoms with E-state index in [4.69, 9.17) is 0 Å². The van der Waals surface area contributed by atoms with Gasteiger partial charge in [0, 0.05) is 30.8 Å². The van der Waals surface area contributed by atoms with Crippen molar-refractivity contribution in [3.05, 3.63) is 31.6 Å². The Morgan fingerprint density at radius 1 is 1.55 bits per heavy atom. The molecule has 1 aliphatic rings. The average Bonchev–Trinajstić information content (AvgIpc) is 2.37. The van der Waals surface area contributed by atoms with Crippen molar-refractivity contribution in [3.63, 3.8) is 0 Å². The molecule has 1 aromatic carbocycles. The van der Waals surface area contributed by atoms with Crippen LogP contribution in [0.3, 0.4) is 0 Å². The Morgan fingerprint density at radius 3 is 2.85 bits per heavy atom. The summed E-state index contributed by atoms with van der Waals surface area (Å²) in [6.45, 7) is 3.05. The molecule has 1 saturated heterocycles. The standard InChI is InChI=1S/C13H17FIN3O2/c1-8-5-9(3-4-17(8)2)16-12-6-10(14)11(15)7-13(12)18(19)20/h6-9,16H,3-5H2,1-2H3. The Bertz CT molecular complexity index is 527. The number of halogens is 2. The minimum absolute atomic E-state index is 0.0672. The van der Waals surface area contributed by atoms with Crippen LogP contribution in [0.2, 0.25) is 0 Å². The van der Waals surface area contributed by atoms with E-state index in [0.717, 1.165) is 19.4 Å². The summed E-state index contributed by atoms with van der Waals surface area (Å²) in [7, 11) is 2.06. The van der Waals surface area contributed by atoms with Crippen LogP contribution >= 0.6 is 22.6 Å². The number of likely N-dealkylation sites (tertiary alicyclic amines) is 1. The molecule has 7 heteroatoms. The molecule has 0 bridgehead atoms. The number of anilines is 1. The number of benzene rings is 1. The second-order valence-electron chi connectivity index (χ2n) is 5.24. The van der Waals surface area contributed by atoms with E-state index in [0.29, 0.717) is 6.04 Å². The molecule has 0 radical (unpaired) electrons. The molecule has 0 aliphatic carbocycles. The van der Waals surface area contributed by atoms with E-state index in [2.05, 4.69) is 24.2 Å². The highest BCUT2D eigenvalue weighted by atomic mass is 127. The smallest absolute Gasteiger partial charge is 0.293 e. The fourth-order valence-corrected chi connectivity index (χ4v) is 2.89. The second-order valence-corrected chi connectivity index (χ2v) is 6.40. The maximum atomic E-state index is 13.6. The number of nitrogens with one attached hydrogen (secondary N) is 1. The van der Waals surface area contributed by atoms with Crippen LogP contribution in [-0.4, -0.2) is 35.5 Å². The molecule has 1 fully saturated rings. The van der Waals surface area contributed by atoms with Crippen LogP contribution in [0.5, 0.6) is 0 Å². The number of nitro benzene ring substituents is 1. The van der Waals surface area contributed by atoms with E-state index >= 15 is 0 Å². The van der Waals surface area contributed by atoms with Gasteiger partial charge >= 0.3 is 0 Å². The minimum Gasteiger partial charge on any atom is -0.377 e. The zero-order valence-electron chi connectivity index (χ0n) is 11.4. The minimum atomic E-state index is -0.470. The molecule has 0 spiro atoms. The van der Waals surface area contributed by atoms with Crippen molar-refractivity contribution in [3.8, 4) is 0 Å². The first-order valence-electron chi connectivity index (χ1n) is 6.48. The molecule has 110 valence electrons. The molecule has 1 aromatic rings. The largest absolute Gasteiger partial charge is 0.377 e. The number of hydrogen-bond donors (Lipinski definition) is 1. The summed E-state index contributed by atoms with van der Waals surface area (Å²) in [5.74, 6) is -0.431. The quantitative estimate of drug-likeness (QED) is 0.487. The van der Waals surface area contributed by atoms with Crippen LogP contribution in [0.1, 0.15) is 19.8 Å². The summed E-state index contributed by atoms with van der Waals surface area (Å²) >= 11 is 1.76. The summed E-state index contributed by atoms with van der Waals surface area (Å²) in [6.07, 6.45) is 1.78. The van der Waals surface area contributed by atoms with Gasteiger partial charge in [-0.15, -0.1) is 0 Å². The molecule has 1 aliphatic heterocycles. The van der Waals surface area contributed by atoms with E-state index in [9.17, 15) is 14.5 Å². The van der Waals surface area contributed by atoms with Crippen molar-refractivity contribution in [2.45, 2.75) is 31.8 Å². The number of nitro groups is 1. The van der Waals surface area contributed by atoms with Crippen molar-refractivity contribution < 1.29 is 9.31 Å². The van der Waals surface area contributed by atoms with E-state index < -0.39 is 10.7 Å². The molecule has 1 N–H and O–H groups in total. The van der Waals surface area contributed by atoms with Crippen LogP contribution in [0.15, 0.2) is 12.1 Å². The van der Waals surface area contributed by atoms with E-state index in [1.807, 2.05) is 0 Å². The van der Waals surface area contributed by atoms with Crippen LogP contribution in [-0.2, 0) is 0 Å². The van der Waals surface area contributed by atoms with Gasteiger partial charge in [0.1, 0.15) is 11.5 Å². The number of rotatable bonds is 3. The Balaban J connectivity index is 2.20. The van der Waals surface area contributed by atoms with Crippen LogP contribution in [0.25, 0.3) is 0 Å². The lowest BCUT2D eigenvalue weighted by molar-refractivity contribution is -0.384. The molecule has 2 atom stereocenters.